The molecule has 5 nitrogen and oxygen atoms in total. The van der Waals surface area contributed by atoms with E-state index in [1.54, 1.807) is 12.4 Å². The van der Waals surface area contributed by atoms with E-state index in [1.165, 1.54) is 32.1 Å². The summed E-state index contributed by atoms with van der Waals surface area (Å²) in [5, 5.41) is 0. The zero-order chi connectivity index (χ0) is 20.6. The topological polar surface area (TPSA) is 53.5 Å². The van der Waals surface area contributed by atoms with Crippen LogP contribution in [-0.4, -0.2) is 36.4 Å². The smallest absolute Gasteiger partial charge is 0.159 e. The molecule has 0 bridgehead atoms. The van der Waals surface area contributed by atoms with Crippen molar-refractivity contribution in [2.75, 3.05) is 26.4 Å². The first-order valence-electron chi connectivity index (χ1n) is 11.1. The van der Waals surface area contributed by atoms with Crippen LogP contribution in [0.1, 0.15) is 65.2 Å². The van der Waals surface area contributed by atoms with Gasteiger partial charge in [0, 0.05) is 12.2 Å². The molecule has 0 saturated carbocycles. The van der Waals surface area contributed by atoms with Crippen molar-refractivity contribution in [3.05, 3.63) is 36.7 Å². The molecule has 0 saturated heterocycles. The largest absolute Gasteiger partial charge is 0.491 e. The van der Waals surface area contributed by atoms with Crippen molar-refractivity contribution in [3.63, 3.8) is 0 Å². The zero-order valence-electron chi connectivity index (χ0n) is 18.1. The second kappa shape index (κ2) is 14.8. The van der Waals surface area contributed by atoms with Crippen LogP contribution in [0.2, 0.25) is 0 Å². The third-order valence-electron chi connectivity index (χ3n) is 4.65. The molecule has 0 N–H and O–H groups in total. The molecule has 2 aromatic rings. The molecule has 1 aromatic heterocycles. The monoisotopic (exact) mass is 400 g/mol. The summed E-state index contributed by atoms with van der Waals surface area (Å²) in [6, 6.07) is 7.82. The molecule has 160 valence electrons. The molecule has 29 heavy (non-hydrogen) atoms. The van der Waals surface area contributed by atoms with Crippen LogP contribution in [0.25, 0.3) is 11.4 Å². The molecule has 1 heterocycles. The normalized spacial score (nSPS) is 10.8. The minimum atomic E-state index is 0.560. The van der Waals surface area contributed by atoms with Gasteiger partial charge in [-0.25, -0.2) is 9.97 Å². The highest BCUT2D eigenvalue weighted by Crippen LogP contribution is 2.20. The molecule has 0 aliphatic carbocycles. The zero-order valence-corrected chi connectivity index (χ0v) is 18.1. The summed E-state index contributed by atoms with van der Waals surface area (Å²) in [6.07, 6.45) is 13.3. The van der Waals surface area contributed by atoms with E-state index in [9.17, 15) is 0 Å². The van der Waals surface area contributed by atoms with Gasteiger partial charge in [0.15, 0.2) is 11.6 Å². The Kier molecular flexibility index (Phi) is 11.8. The fourth-order valence-corrected chi connectivity index (χ4v) is 2.88. The van der Waals surface area contributed by atoms with Crippen molar-refractivity contribution in [3.8, 4) is 22.9 Å². The third-order valence-corrected chi connectivity index (χ3v) is 4.65. The Hall–Kier alpha value is -2.14. The minimum absolute atomic E-state index is 0.560. The fraction of sp³-hybridized carbons (Fsp3) is 0.583. The molecule has 1 aromatic carbocycles. The summed E-state index contributed by atoms with van der Waals surface area (Å²) in [5.41, 5.74) is 0.957. The van der Waals surface area contributed by atoms with Gasteiger partial charge in [-0.2, -0.15) is 0 Å². The highest BCUT2D eigenvalue weighted by molar-refractivity contribution is 5.56. The van der Waals surface area contributed by atoms with Gasteiger partial charge >= 0.3 is 0 Å². The lowest BCUT2D eigenvalue weighted by Crippen LogP contribution is -2.07. The Labute approximate surface area is 175 Å². The van der Waals surface area contributed by atoms with Crippen LogP contribution < -0.4 is 9.47 Å². The Morgan fingerprint density at radius 1 is 0.621 bits per heavy atom. The van der Waals surface area contributed by atoms with Crippen molar-refractivity contribution in [1.29, 1.82) is 0 Å². The fourth-order valence-electron chi connectivity index (χ4n) is 2.88. The van der Waals surface area contributed by atoms with Crippen molar-refractivity contribution in [1.82, 2.24) is 9.97 Å². The van der Waals surface area contributed by atoms with Crippen molar-refractivity contribution in [2.45, 2.75) is 65.2 Å². The molecular weight excluding hydrogens is 364 g/mol. The van der Waals surface area contributed by atoms with Crippen LogP contribution >= 0.6 is 0 Å². The number of hydrogen-bond donors (Lipinski definition) is 0. The van der Waals surface area contributed by atoms with E-state index >= 15 is 0 Å². The van der Waals surface area contributed by atoms with Crippen LogP contribution in [0, 0.1) is 0 Å². The average molecular weight is 401 g/mol. The molecule has 0 aliphatic rings. The first-order chi connectivity index (χ1) is 14.3. The van der Waals surface area contributed by atoms with E-state index in [0.717, 1.165) is 49.5 Å². The maximum Gasteiger partial charge on any atom is 0.159 e. The van der Waals surface area contributed by atoms with Gasteiger partial charge in [-0.15, -0.1) is 0 Å². The van der Waals surface area contributed by atoms with Crippen molar-refractivity contribution < 1.29 is 14.2 Å². The molecule has 0 radical (unpaired) electrons. The number of ether oxygens (including phenoxy) is 3. The van der Waals surface area contributed by atoms with Crippen LogP contribution in [0.5, 0.6) is 11.5 Å². The number of rotatable bonds is 16. The lowest BCUT2D eigenvalue weighted by molar-refractivity contribution is 0.0981. The molecular formula is C24H36N2O3. The van der Waals surface area contributed by atoms with Crippen LogP contribution in [-0.2, 0) is 4.74 Å². The standard InChI is InChI=1S/C24H36N2O3/c1-3-5-7-8-9-10-16-28-23-19-25-24(26-20-23)21-11-13-22(14-12-21)29-18-17-27-15-6-4-2/h11-14,19-20H,3-10,15-18H2,1-2H3. The quantitative estimate of drug-likeness (QED) is 0.320. The molecule has 2 rings (SSSR count). The van der Waals surface area contributed by atoms with Gasteiger partial charge in [-0.3, -0.25) is 0 Å². The average Bonchev–Trinajstić information content (AvgIpc) is 2.76. The Morgan fingerprint density at radius 3 is 2.00 bits per heavy atom. The van der Waals surface area contributed by atoms with Gasteiger partial charge in [0.05, 0.1) is 25.6 Å². The van der Waals surface area contributed by atoms with E-state index in [-0.39, 0.29) is 0 Å². The second-order valence-electron chi connectivity index (χ2n) is 7.20. The van der Waals surface area contributed by atoms with E-state index in [2.05, 4.69) is 23.8 Å². The Morgan fingerprint density at radius 2 is 1.28 bits per heavy atom. The van der Waals surface area contributed by atoms with Gasteiger partial charge in [-0.05, 0) is 37.1 Å². The van der Waals surface area contributed by atoms with E-state index in [0.29, 0.717) is 19.0 Å². The maximum absolute atomic E-state index is 5.75. The summed E-state index contributed by atoms with van der Waals surface area (Å²) >= 11 is 0. The van der Waals surface area contributed by atoms with E-state index in [4.69, 9.17) is 14.2 Å². The van der Waals surface area contributed by atoms with Gasteiger partial charge in [0.1, 0.15) is 12.4 Å². The molecule has 0 unspecified atom stereocenters. The van der Waals surface area contributed by atoms with Gasteiger partial charge in [0.2, 0.25) is 0 Å². The Balaban J connectivity index is 1.68. The lowest BCUT2D eigenvalue weighted by Gasteiger charge is -2.08. The molecule has 0 amide bonds. The summed E-state index contributed by atoms with van der Waals surface area (Å²) in [7, 11) is 0. The van der Waals surface area contributed by atoms with Gasteiger partial charge < -0.3 is 14.2 Å². The van der Waals surface area contributed by atoms with Crippen LogP contribution in [0.3, 0.4) is 0 Å². The summed E-state index contributed by atoms with van der Waals surface area (Å²) in [4.78, 5) is 8.85. The van der Waals surface area contributed by atoms with Crippen LogP contribution in [0.15, 0.2) is 36.7 Å². The van der Waals surface area contributed by atoms with Gasteiger partial charge in [0.25, 0.3) is 0 Å². The maximum atomic E-state index is 5.75. The van der Waals surface area contributed by atoms with Crippen molar-refractivity contribution in [2.24, 2.45) is 0 Å². The summed E-state index contributed by atoms with van der Waals surface area (Å²) in [5.74, 6) is 2.24. The predicted octanol–water partition coefficient (Wildman–Crippen LogP) is 6.08. The second-order valence-corrected chi connectivity index (χ2v) is 7.20. The highest BCUT2D eigenvalue weighted by atomic mass is 16.5. The first kappa shape index (κ1) is 23.1. The number of hydrogen-bond acceptors (Lipinski definition) is 5. The van der Waals surface area contributed by atoms with E-state index < -0.39 is 0 Å². The molecule has 0 aliphatic heterocycles. The molecule has 0 atom stereocenters. The van der Waals surface area contributed by atoms with Crippen LogP contribution in [0.4, 0.5) is 0 Å². The minimum Gasteiger partial charge on any atom is -0.491 e. The third kappa shape index (κ3) is 9.75. The van der Waals surface area contributed by atoms with Gasteiger partial charge in [-0.1, -0.05) is 52.4 Å². The summed E-state index contributed by atoms with van der Waals surface area (Å²) < 4.78 is 16.9. The number of nitrogens with zero attached hydrogens (tertiary/aromatic N) is 2. The Bertz CT molecular complexity index is 644. The summed E-state index contributed by atoms with van der Waals surface area (Å²) in [6.45, 7) is 7.09. The lowest BCUT2D eigenvalue weighted by atomic mass is 10.1. The first-order valence-corrected chi connectivity index (χ1v) is 11.1. The predicted molar refractivity (Wildman–Crippen MR) is 118 cm³/mol. The van der Waals surface area contributed by atoms with E-state index in [1.807, 2.05) is 24.3 Å². The number of aromatic nitrogens is 2. The SMILES string of the molecule is CCCCCCCCOc1cnc(-c2ccc(OCCOCCCC)cc2)nc1. The molecule has 0 fully saturated rings. The number of unbranched alkanes of at least 4 members (excludes halogenated alkanes) is 6. The molecule has 0 spiro atoms. The highest BCUT2D eigenvalue weighted by Gasteiger charge is 2.03. The van der Waals surface area contributed by atoms with Crippen molar-refractivity contribution >= 4 is 0 Å². The number of benzene rings is 1. The molecule has 5 heteroatoms.